The Hall–Kier alpha value is -3.59. The van der Waals surface area contributed by atoms with Gasteiger partial charge in [0.25, 0.3) is 5.91 Å². The summed E-state index contributed by atoms with van der Waals surface area (Å²) < 4.78 is 6.74. The van der Waals surface area contributed by atoms with Crippen LogP contribution in [0.3, 0.4) is 0 Å². The Labute approximate surface area is 164 Å². The highest BCUT2D eigenvalue weighted by molar-refractivity contribution is 7.13. The van der Waals surface area contributed by atoms with Crippen molar-refractivity contribution >= 4 is 17.2 Å². The molecule has 0 unspecified atom stereocenters. The molecule has 0 aliphatic carbocycles. The summed E-state index contributed by atoms with van der Waals surface area (Å²) in [5, 5.41) is 17.7. The van der Waals surface area contributed by atoms with E-state index in [1.54, 1.807) is 42.4 Å². The molecule has 8 nitrogen and oxygen atoms in total. The van der Waals surface area contributed by atoms with E-state index in [-0.39, 0.29) is 11.6 Å². The molecule has 9 heteroatoms. The van der Waals surface area contributed by atoms with Gasteiger partial charge in [-0.3, -0.25) is 4.79 Å². The maximum atomic E-state index is 12.3. The van der Waals surface area contributed by atoms with Gasteiger partial charge in [0.1, 0.15) is 10.8 Å². The Morgan fingerprint density at radius 3 is 2.71 bits per heavy atom. The van der Waals surface area contributed by atoms with Crippen LogP contribution in [0.2, 0.25) is 0 Å². The molecule has 0 saturated heterocycles. The van der Waals surface area contributed by atoms with Crippen LogP contribution in [0.15, 0.2) is 60.2 Å². The summed E-state index contributed by atoms with van der Waals surface area (Å²) in [4.78, 5) is 16.9. The van der Waals surface area contributed by atoms with Gasteiger partial charge in [-0.1, -0.05) is 0 Å². The predicted octanol–water partition coefficient (Wildman–Crippen LogP) is 2.72. The quantitative estimate of drug-likeness (QED) is 0.542. The SMILES string of the molecule is COc1ccc(-c2nc(CNC(=O)c3ccc(-n4cccn4)nn3)cs2)cc1. The van der Waals surface area contributed by atoms with Gasteiger partial charge in [0.2, 0.25) is 0 Å². The van der Waals surface area contributed by atoms with E-state index in [4.69, 9.17) is 4.74 Å². The van der Waals surface area contributed by atoms with Gasteiger partial charge >= 0.3 is 0 Å². The van der Waals surface area contributed by atoms with Crippen molar-refractivity contribution in [2.45, 2.75) is 6.54 Å². The number of rotatable bonds is 6. The fourth-order valence-electron chi connectivity index (χ4n) is 2.49. The third-order valence-corrected chi connectivity index (χ3v) is 4.88. The number of ether oxygens (including phenoxy) is 1. The molecule has 0 spiro atoms. The second kappa shape index (κ2) is 7.97. The molecule has 0 atom stereocenters. The van der Waals surface area contributed by atoms with Crippen LogP contribution in [0.25, 0.3) is 16.4 Å². The van der Waals surface area contributed by atoms with E-state index >= 15 is 0 Å². The number of thiazole rings is 1. The van der Waals surface area contributed by atoms with Crippen LogP contribution in [0.4, 0.5) is 0 Å². The smallest absolute Gasteiger partial charge is 0.272 e. The molecule has 3 aromatic heterocycles. The van der Waals surface area contributed by atoms with E-state index in [1.807, 2.05) is 29.6 Å². The van der Waals surface area contributed by atoms with Crippen molar-refractivity contribution in [3.05, 3.63) is 71.6 Å². The number of nitrogens with zero attached hydrogens (tertiary/aromatic N) is 5. The Balaban J connectivity index is 1.37. The maximum absolute atomic E-state index is 12.3. The van der Waals surface area contributed by atoms with E-state index in [1.165, 1.54) is 11.3 Å². The first-order valence-corrected chi connectivity index (χ1v) is 9.31. The Bertz CT molecular complexity index is 1060. The number of amides is 1. The van der Waals surface area contributed by atoms with Crippen LogP contribution in [0.5, 0.6) is 5.75 Å². The molecule has 0 fully saturated rings. The van der Waals surface area contributed by atoms with Gasteiger partial charge in [-0.2, -0.15) is 5.10 Å². The van der Waals surface area contributed by atoms with Crippen LogP contribution in [0.1, 0.15) is 16.2 Å². The third kappa shape index (κ3) is 3.89. The number of methoxy groups -OCH3 is 1. The number of carbonyl (C=O) groups excluding carboxylic acids is 1. The molecule has 0 radical (unpaired) electrons. The van der Waals surface area contributed by atoms with Crippen molar-refractivity contribution in [2.24, 2.45) is 0 Å². The minimum absolute atomic E-state index is 0.238. The fourth-order valence-corrected chi connectivity index (χ4v) is 3.31. The highest BCUT2D eigenvalue weighted by Crippen LogP contribution is 2.25. The van der Waals surface area contributed by atoms with Crippen molar-refractivity contribution in [3.8, 4) is 22.1 Å². The standard InChI is InChI=1S/C19H16N6O2S/c1-27-15-5-3-13(4-6-15)19-22-14(12-28-19)11-20-18(26)16-7-8-17(24-23-16)25-10-2-9-21-25/h2-10,12H,11H2,1H3,(H,20,26). The summed E-state index contributed by atoms with van der Waals surface area (Å²) in [6.45, 7) is 0.314. The summed E-state index contributed by atoms with van der Waals surface area (Å²) in [6, 6.07) is 12.8. The number of nitrogens with one attached hydrogen (secondary N) is 1. The summed E-state index contributed by atoms with van der Waals surface area (Å²) in [6.07, 6.45) is 3.41. The van der Waals surface area contributed by atoms with Crippen molar-refractivity contribution in [2.75, 3.05) is 7.11 Å². The van der Waals surface area contributed by atoms with E-state index < -0.39 is 0 Å². The van der Waals surface area contributed by atoms with E-state index in [0.29, 0.717) is 12.4 Å². The predicted molar refractivity (Wildman–Crippen MR) is 104 cm³/mol. The minimum Gasteiger partial charge on any atom is -0.497 e. The first-order chi connectivity index (χ1) is 13.7. The van der Waals surface area contributed by atoms with Gasteiger partial charge < -0.3 is 10.1 Å². The average Bonchev–Trinajstić information content (AvgIpc) is 3.44. The zero-order valence-electron chi connectivity index (χ0n) is 14.9. The van der Waals surface area contributed by atoms with Crippen LogP contribution in [-0.4, -0.2) is 38.0 Å². The summed E-state index contributed by atoms with van der Waals surface area (Å²) in [5.74, 6) is 1.04. The zero-order valence-corrected chi connectivity index (χ0v) is 15.8. The molecule has 1 amide bonds. The van der Waals surface area contributed by atoms with Crippen LogP contribution in [0, 0.1) is 0 Å². The largest absolute Gasteiger partial charge is 0.497 e. The van der Waals surface area contributed by atoms with Gasteiger partial charge in [-0.15, -0.1) is 21.5 Å². The summed E-state index contributed by atoms with van der Waals surface area (Å²) in [5.41, 5.74) is 2.02. The van der Waals surface area contributed by atoms with Crippen LogP contribution >= 0.6 is 11.3 Å². The Morgan fingerprint density at radius 2 is 2.04 bits per heavy atom. The Morgan fingerprint density at radius 1 is 1.18 bits per heavy atom. The van der Waals surface area contributed by atoms with E-state index in [0.717, 1.165) is 22.0 Å². The Kier molecular flexibility index (Phi) is 5.07. The van der Waals surface area contributed by atoms with Crippen molar-refractivity contribution < 1.29 is 9.53 Å². The van der Waals surface area contributed by atoms with Gasteiger partial charge in [0.15, 0.2) is 11.5 Å². The zero-order chi connectivity index (χ0) is 19.3. The molecule has 3 heterocycles. The average molecular weight is 392 g/mol. The van der Waals surface area contributed by atoms with E-state index in [9.17, 15) is 4.79 Å². The van der Waals surface area contributed by atoms with Crippen molar-refractivity contribution in [3.63, 3.8) is 0 Å². The highest BCUT2D eigenvalue weighted by Gasteiger charge is 2.11. The van der Waals surface area contributed by atoms with Crippen LogP contribution in [-0.2, 0) is 6.54 Å². The summed E-state index contributed by atoms with van der Waals surface area (Å²) in [7, 11) is 1.63. The molecule has 1 N–H and O–H groups in total. The molecule has 0 bridgehead atoms. The molecule has 0 aliphatic heterocycles. The lowest BCUT2D eigenvalue weighted by Crippen LogP contribution is -2.24. The molecular formula is C19H16N6O2S. The molecule has 28 heavy (non-hydrogen) atoms. The minimum atomic E-state index is -0.307. The molecular weight excluding hydrogens is 376 g/mol. The lowest BCUT2D eigenvalue weighted by atomic mass is 10.2. The van der Waals surface area contributed by atoms with Gasteiger partial charge in [0.05, 0.1) is 19.3 Å². The van der Waals surface area contributed by atoms with Crippen molar-refractivity contribution in [1.82, 2.24) is 30.3 Å². The molecule has 1 aromatic carbocycles. The lowest BCUT2D eigenvalue weighted by molar-refractivity contribution is 0.0944. The number of carbonyl (C=O) groups is 1. The number of aromatic nitrogens is 5. The number of benzene rings is 1. The lowest BCUT2D eigenvalue weighted by Gasteiger charge is -2.03. The topological polar surface area (TPSA) is 94.8 Å². The number of hydrogen-bond donors (Lipinski definition) is 1. The van der Waals surface area contributed by atoms with Gasteiger partial charge in [-0.05, 0) is 42.5 Å². The normalized spacial score (nSPS) is 10.6. The maximum Gasteiger partial charge on any atom is 0.272 e. The second-order valence-corrected chi connectivity index (χ2v) is 6.64. The van der Waals surface area contributed by atoms with Crippen LogP contribution < -0.4 is 10.1 Å². The second-order valence-electron chi connectivity index (χ2n) is 5.78. The highest BCUT2D eigenvalue weighted by atomic mass is 32.1. The molecule has 4 rings (SSSR count). The van der Waals surface area contributed by atoms with Crippen molar-refractivity contribution in [1.29, 1.82) is 0 Å². The van der Waals surface area contributed by atoms with Gasteiger partial charge in [0, 0.05) is 23.3 Å². The third-order valence-electron chi connectivity index (χ3n) is 3.94. The molecule has 140 valence electrons. The molecule has 4 aromatic rings. The van der Waals surface area contributed by atoms with Gasteiger partial charge in [-0.25, -0.2) is 9.67 Å². The first kappa shape index (κ1) is 17.8. The first-order valence-electron chi connectivity index (χ1n) is 8.44. The molecule has 0 aliphatic rings. The molecule has 0 saturated carbocycles. The fraction of sp³-hybridized carbons (Fsp3) is 0.105. The van der Waals surface area contributed by atoms with E-state index in [2.05, 4.69) is 25.6 Å². The summed E-state index contributed by atoms with van der Waals surface area (Å²) >= 11 is 1.52. The number of hydrogen-bond acceptors (Lipinski definition) is 7. The monoisotopic (exact) mass is 392 g/mol.